The van der Waals surface area contributed by atoms with Gasteiger partial charge in [-0.3, -0.25) is 0 Å². The van der Waals surface area contributed by atoms with Crippen molar-refractivity contribution in [2.75, 3.05) is 0 Å². The molecule has 3 rings (SSSR count). The lowest BCUT2D eigenvalue weighted by Crippen LogP contribution is -2.41. The van der Waals surface area contributed by atoms with E-state index in [0.717, 1.165) is 15.3 Å². The minimum atomic E-state index is -0.601. The maximum atomic E-state index is 12.5. The number of nitrogens with zero attached hydrogens (tertiary/aromatic N) is 2. The van der Waals surface area contributed by atoms with E-state index in [1.54, 1.807) is 6.20 Å². The largest absolute Gasteiger partial charge is 0.494 e. The lowest BCUT2D eigenvalue weighted by Gasteiger charge is -2.32. The van der Waals surface area contributed by atoms with Gasteiger partial charge < -0.3 is 14.0 Å². The van der Waals surface area contributed by atoms with Crippen LogP contribution < -0.4 is 5.46 Å². The van der Waals surface area contributed by atoms with E-state index in [4.69, 9.17) is 14.0 Å². The smallest absolute Gasteiger partial charge is 0.442 e. The third-order valence-corrected chi connectivity index (χ3v) is 5.41. The highest BCUT2D eigenvalue weighted by molar-refractivity contribution is 9.10. The van der Waals surface area contributed by atoms with Gasteiger partial charge in [-0.25, -0.2) is 4.79 Å². The number of halogens is 1. The first-order valence-corrected chi connectivity index (χ1v) is 9.36. The van der Waals surface area contributed by atoms with Crippen LogP contribution in [0.5, 0.6) is 0 Å². The Morgan fingerprint density at radius 1 is 1.19 bits per heavy atom. The average molecular weight is 423 g/mol. The Morgan fingerprint density at radius 3 is 2.31 bits per heavy atom. The van der Waals surface area contributed by atoms with Gasteiger partial charge in [-0.2, -0.15) is 9.78 Å². The van der Waals surface area contributed by atoms with Crippen molar-refractivity contribution in [1.29, 1.82) is 0 Å². The van der Waals surface area contributed by atoms with Crippen molar-refractivity contribution in [3.8, 4) is 0 Å². The summed E-state index contributed by atoms with van der Waals surface area (Å²) in [4.78, 5) is 12.5. The molecule has 0 aliphatic carbocycles. The maximum absolute atomic E-state index is 12.5. The quantitative estimate of drug-likeness (QED) is 0.652. The fraction of sp³-hybridized carbons (Fsp3) is 0.556. The molecule has 1 aliphatic rings. The lowest BCUT2D eigenvalue weighted by atomic mass is 9.79. The number of ether oxygens (including phenoxy) is 1. The predicted molar refractivity (Wildman–Crippen MR) is 105 cm³/mol. The Hall–Kier alpha value is -1.38. The van der Waals surface area contributed by atoms with Crippen LogP contribution in [0.15, 0.2) is 22.8 Å². The molecule has 0 N–H and O–H groups in total. The molecule has 1 aliphatic heterocycles. The minimum absolute atomic E-state index is 0.440. The second-order valence-corrected chi connectivity index (χ2v) is 9.41. The molecular weight excluding hydrogens is 399 g/mol. The van der Waals surface area contributed by atoms with E-state index in [9.17, 15) is 4.79 Å². The Balaban J connectivity index is 2.02. The van der Waals surface area contributed by atoms with Crippen LogP contribution in [0.2, 0.25) is 0 Å². The fourth-order valence-electron chi connectivity index (χ4n) is 2.67. The molecule has 0 saturated carbocycles. The SMILES string of the molecule is CC(C)(C)OC(=O)n1ncc2c(Br)cc(B3OC(C)(C)C(C)(C)O3)cc21. The maximum Gasteiger partial charge on any atom is 0.494 e. The van der Waals surface area contributed by atoms with Crippen molar-refractivity contribution in [3.63, 3.8) is 0 Å². The van der Waals surface area contributed by atoms with Gasteiger partial charge in [0.15, 0.2) is 0 Å². The van der Waals surface area contributed by atoms with Crippen molar-refractivity contribution in [2.45, 2.75) is 65.3 Å². The minimum Gasteiger partial charge on any atom is -0.442 e. The second kappa shape index (κ2) is 6.07. The van der Waals surface area contributed by atoms with Crippen molar-refractivity contribution in [2.24, 2.45) is 0 Å². The van der Waals surface area contributed by atoms with Crippen molar-refractivity contribution in [1.82, 2.24) is 9.78 Å². The van der Waals surface area contributed by atoms with Gasteiger partial charge in [0.1, 0.15) is 5.60 Å². The summed E-state index contributed by atoms with van der Waals surface area (Å²) in [7, 11) is -0.525. The molecular formula is C18H24BBrN2O4. The molecule has 0 amide bonds. The summed E-state index contributed by atoms with van der Waals surface area (Å²) in [6.07, 6.45) is 1.11. The second-order valence-electron chi connectivity index (χ2n) is 8.56. The standard InChI is InChI=1S/C18H24BBrN2O4/c1-16(2,3)24-15(23)22-14-9-11(8-13(20)12(14)10-21-22)19-25-17(4,5)18(6,7)26-19/h8-10H,1-7H3. The van der Waals surface area contributed by atoms with Crippen LogP contribution in [0, 0.1) is 0 Å². The fourth-order valence-corrected chi connectivity index (χ4v) is 3.24. The number of hydrogen-bond donors (Lipinski definition) is 0. The number of aromatic nitrogens is 2. The molecule has 6 nitrogen and oxygen atoms in total. The molecule has 2 heterocycles. The number of fused-ring (bicyclic) bond motifs is 1. The molecule has 0 radical (unpaired) electrons. The summed E-state index contributed by atoms with van der Waals surface area (Å²) < 4.78 is 19.8. The molecule has 1 aromatic heterocycles. The average Bonchev–Trinajstić information content (AvgIpc) is 2.96. The topological polar surface area (TPSA) is 62.6 Å². The van der Waals surface area contributed by atoms with E-state index in [0.29, 0.717) is 5.52 Å². The molecule has 140 valence electrons. The van der Waals surface area contributed by atoms with Crippen LogP contribution in [-0.2, 0) is 14.0 Å². The Morgan fingerprint density at radius 2 is 1.77 bits per heavy atom. The zero-order valence-corrected chi connectivity index (χ0v) is 17.8. The molecule has 1 saturated heterocycles. The van der Waals surface area contributed by atoms with Gasteiger partial charge in [-0.05, 0) is 66.1 Å². The summed E-state index contributed by atoms with van der Waals surface area (Å²) in [5.41, 5.74) is -0.0306. The van der Waals surface area contributed by atoms with Gasteiger partial charge in [0.2, 0.25) is 0 Å². The summed E-state index contributed by atoms with van der Waals surface area (Å²) in [5.74, 6) is 0. The van der Waals surface area contributed by atoms with Crippen molar-refractivity contribution >= 4 is 45.5 Å². The van der Waals surface area contributed by atoms with Gasteiger partial charge in [-0.1, -0.05) is 15.9 Å². The van der Waals surface area contributed by atoms with Crippen LogP contribution in [0.1, 0.15) is 48.5 Å². The monoisotopic (exact) mass is 422 g/mol. The molecule has 0 spiro atoms. The van der Waals surface area contributed by atoms with Crippen LogP contribution in [0.4, 0.5) is 4.79 Å². The Bertz CT molecular complexity index is 854. The van der Waals surface area contributed by atoms with Crippen LogP contribution in [0.3, 0.4) is 0 Å². The van der Waals surface area contributed by atoms with Crippen LogP contribution in [-0.4, -0.2) is 39.8 Å². The Kier molecular flexibility index (Phi) is 4.53. The van der Waals surface area contributed by atoms with E-state index >= 15 is 0 Å². The molecule has 0 atom stereocenters. The molecule has 0 bridgehead atoms. The highest BCUT2D eigenvalue weighted by atomic mass is 79.9. The molecule has 1 aromatic carbocycles. The number of rotatable bonds is 1. The van der Waals surface area contributed by atoms with E-state index < -0.39 is 30.0 Å². The van der Waals surface area contributed by atoms with Crippen LogP contribution in [0.25, 0.3) is 10.9 Å². The summed E-state index contributed by atoms with van der Waals surface area (Å²) in [6, 6.07) is 3.80. The molecule has 26 heavy (non-hydrogen) atoms. The van der Waals surface area contributed by atoms with E-state index in [1.807, 2.05) is 60.6 Å². The first-order chi connectivity index (χ1) is 11.8. The predicted octanol–water partition coefficient (Wildman–Crippen LogP) is 3.88. The summed E-state index contributed by atoms with van der Waals surface area (Å²) in [5, 5.41) is 5.01. The first kappa shape index (κ1) is 19.4. The number of carbonyl (C=O) groups is 1. The van der Waals surface area contributed by atoms with Gasteiger partial charge >= 0.3 is 13.2 Å². The Labute approximate surface area is 162 Å². The van der Waals surface area contributed by atoms with Gasteiger partial charge in [0.25, 0.3) is 0 Å². The van der Waals surface area contributed by atoms with Crippen molar-refractivity contribution < 1.29 is 18.8 Å². The molecule has 0 unspecified atom stereocenters. The number of carbonyl (C=O) groups excluding carboxylic acids is 1. The first-order valence-electron chi connectivity index (χ1n) is 8.57. The molecule has 2 aromatic rings. The van der Waals surface area contributed by atoms with Crippen LogP contribution >= 0.6 is 15.9 Å². The van der Waals surface area contributed by atoms with E-state index in [1.165, 1.54) is 4.68 Å². The van der Waals surface area contributed by atoms with Crippen molar-refractivity contribution in [3.05, 3.63) is 22.8 Å². The number of hydrogen-bond acceptors (Lipinski definition) is 5. The molecule has 8 heteroatoms. The van der Waals surface area contributed by atoms with E-state index in [-0.39, 0.29) is 0 Å². The van der Waals surface area contributed by atoms with Gasteiger partial charge in [0, 0.05) is 9.86 Å². The highest BCUT2D eigenvalue weighted by Crippen LogP contribution is 2.37. The zero-order chi connectivity index (χ0) is 19.5. The highest BCUT2D eigenvalue weighted by Gasteiger charge is 2.51. The van der Waals surface area contributed by atoms with E-state index in [2.05, 4.69) is 21.0 Å². The summed E-state index contributed by atoms with van der Waals surface area (Å²) in [6.45, 7) is 13.5. The van der Waals surface area contributed by atoms with Gasteiger partial charge in [-0.15, -0.1) is 0 Å². The zero-order valence-electron chi connectivity index (χ0n) is 16.2. The molecule has 1 fully saturated rings. The lowest BCUT2D eigenvalue weighted by molar-refractivity contribution is 0.00578. The summed E-state index contributed by atoms with van der Waals surface area (Å²) >= 11 is 3.56. The van der Waals surface area contributed by atoms with Gasteiger partial charge in [0.05, 0.1) is 22.9 Å². The third kappa shape index (κ3) is 3.42. The third-order valence-electron chi connectivity index (χ3n) is 4.75. The normalized spacial score (nSPS) is 19.2. The number of benzene rings is 1.